The van der Waals surface area contributed by atoms with Crippen LogP contribution >= 0.6 is 0 Å². The van der Waals surface area contributed by atoms with Gasteiger partial charge >= 0.3 is 0 Å². The molecular formula is C10H21N5. The van der Waals surface area contributed by atoms with Crippen molar-refractivity contribution in [3.8, 4) is 0 Å². The number of aromatic amines is 1. The minimum Gasteiger partial charge on any atom is -0.382 e. The summed E-state index contributed by atoms with van der Waals surface area (Å²) in [7, 11) is 0. The maximum atomic E-state index is 5.69. The number of nitrogen functional groups attached to an aromatic ring is 1. The quantitative estimate of drug-likeness (QED) is 0.660. The van der Waals surface area contributed by atoms with Gasteiger partial charge in [0.1, 0.15) is 5.82 Å². The fourth-order valence-electron chi connectivity index (χ4n) is 1.59. The van der Waals surface area contributed by atoms with Crippen LogP contribution in [-0.2, 0) is 0 Å². The zero-order chi connectivity index (χ0) is 11.3. The monoisotopic (exact) mass is 211 g/mol. The largest absolute Gasteiger partial charge is 0.382 e. The summed E-state index contributed by atoms with van der Waals surface area (Å²) in [5.74, 6) is 0.599. The number of hydrogen-bond donors (Lipinski definition) is 3. The van der Waals surface area contributed by atoms with E-state index in [-0.39, 0.29) is 0 Å². The second-order valence-electron chi connectivity index (χ2n) is 3.73. The Labute approximate surface area is 91.0 Å². The second-order valence-corrected chi connectivity index (χ2v) is 3.73. The molecule has 5 nitrogen and oxygen atoms in total. The number of H-pyrrole nitrogens is 1. The van der Waals surface area contributed by atoms with Gasteiger partial charge in [-0.15, -0.1) is 0 Å². The molecule has 1 atom stereocenters. The number of rotatable bonds is 6. The molecule has 0 aliphatic carbocycles. The molecule has 0 radical (unpaired) electrons. The van der Waals surface area contributed by atoms with Gasteiger partial charge in [0, 0.05) is 12.6 Å². The van der Waals surface area contributed by atoms with Crippen LogP contribution in [0, 0.1) is 0 Å². The molecule has 5 heteroatoms. The van der Waals surface area contributed by atoms with Crippen LogP contribution in [-0.4, -0.2) is 40.8 Å². The van der Waals surface area contributed by atoms with E-state index in [1.54, 1.807) is 6.20 Å². The molecule has 0 bridgehead atoms. The van der Waals surface area contributed by atoms with Crippen LogP contribution in [0.25, 0.3) is 0 Å². The van der Waals surface area contributed by atoms with Crippen molar-refractivity contribution in [2.24, 2.45) is 0 Å². The summed E-state index contributed by atoms with van der Waals surface area (Å²) in [5, 5.41) is 9.90. The SMILES string of the molecule is CCN(CC)CC(C)Nc1cn[nH]c1N. The van der Waals surface area contributed by atoms with Crippen LogP contribution in [0.15, 0.2) is 6.20 Å². The van der Waals surface area contributed by atoms with E-state index in [0.29, 0.717) is 11.9 Å². The Morgan fingerprint density at radius 3 is 2.67 bits per heavy atom. The lowest BCUT2D eigenvalue weighted by Gasteiger charge is -2.23. The van der Waals surface area contributed by atoms with Gasteiger partial charge in [-0.05, 0) is 20.0 Å². The Kier molecular flexibility index (Phi) is 4.42. The highest BCUT2D eigenvalue weighted by molar-refractivity contribution is 5.60. The van der Waals surface area contributed by atoms with Crippen molar-refractivity contribution in [3.63, 3.8) is 0 Å². The molecule has 0 aliphatic heterocycles. The van der Waals surface area contributed by atoms with Gasteiger partial charge in [0.2, 0.25) is 0 Å². The predicted molar refractivity (Wildman–Crippen MR) is 63.9 cm³/mol. The minimum absolute atomic E-state index is 0.366. The van der Waals surface area contributed by atoms with E-state index in [9.17, 15) is 0 Å². The molecule has 1 unspecified atom stereocenters. The number of nitrogens with zero attached hydrogens (tertiary/aromatic N) is 2. The molecule has 0 spiro atoms. The number of aromatic nitrogens is 2. The first-order valence-electron chi connectivity index (χ1n) is 5.45. The second kappa shape index (κ2) is 5.60. The number of hydrogen-bond acceptors (Lipinski definition) is 4. The van der Waals surface area contributed by atoms with E-state index in [4.69, 9.17) is 5.73 Å². The Balaban J connectivity index is 2.42. The smallest absolute Gasteiger partial charge is 0.142 e. The number of nitrogens with one attached hydrogen (secondary N) is 2. The third kappa shape index (κ3) is 3.43. The summed E-state index contributed by atoms with van der Waals surface area (Å²) in [6, 6.07) is 0.366. The molecule has 86 valence electrons. The molecule has 0 fully saturated rings. The lowest BCUT2D eigenvalue weighted by atomic mass is 10.3. The van der Waals surface area contributed by atoms with Crippen molar-refractivity contribution < 1.29 is 0 Å². The van der Waals surface area contributed by atoms with E-state index in [0.717, 1.165) is 25.3 Å². The Morgan fingerprint density at radius 1 is 1.53 bits per heavy atom. The first kappa shape index (κ1) is 11.8. The summed E-state index contributed by atoms with van der Waals surface area (Å²) in [6.07, 6.45) is 1.72. The first-order valence-corrected chi connectivity index (χ1v) is 5.45. The van der Waals surface area contributed by atoms with Gasteiger partial charge in [-0.1, -0.05) is 13.8 Å². The molecule has 0 aliphatic rings. The maximum Gasteiger partial charge on any atom is 0.142 e. The zero-order valence-electron chi connectivity index (χ0n) is 9.75. The van der Waals surface area contributed by atoms with Crippen molar-refractivity contribution in [2.75, 3.05) is 30.7 Å². The summed E-state index contributed by atoms with van der Waals surface area (Å²) in [4.78, 5) is 2.37. The standard InChI is InChI=1S/C10H21N5/c1-4-15(5-2)7-8(3)13-9-6-12-14-10(9)11/h6,8,13H,4-5,7H2,1-3H3,(H3,11,12,14). The molecule has 1 aromatic rings. The number of nitrogens with two attached hydrogens (primary N) is 1. The lowest BCUT2D eigenvalue weighted by molar-refractivity contribution is 0.295. The van der Waals surface area contributed by atoms with Crippen LogP contribution < -0.4 is 11.1 Å². The van der Waals surface area contributed by atoms with Crippen LogP contribution in [0.5, 0.6) is 0 Å². The topological polar surface area (TPSA) is 70.0 Å². The molecule has 15 heavy (non-hydrogen) atoms. The normalized spacial score (nSPS) is 13.1. The van der Waals surface area contributed by atoms with Crippen LogP contribution in [0.1, 0.15) is 20.8 Å². The van der Waals surface area contributed by atoms with Crippen molar-refractivity contribution in [1.82, 2.24) is 15.1 Å². The fraction of sp³-hybridized carbons (Fsp3) is 0.700. The number of anilines is 2. The van der Waals surface area contributed by atoms with Gasteiger partial charge in [0.05, 0.1) is 11.9 Å². The molecule has 0 aromatic carbocycles. The van der Waals surface area contributed by atoms with Crippen molar-refractivity contribution in [2.45, 2.75) is 26.8 Å². The van der Waals surface area contributed by atoms with Crippen molar-refractivity contribution >= 4 is 11.5 Å². The first-order chi connectivity index (χ1) is 7.17. The summed E-state index contributed by atoms with van der Waals surface area (Å²) >= 11 is 0. The lowest BCUT2D eigenvalue weighted by Crippen LogP contribution is -2.34. The number of likely N-dealkylation sites (N-methyl/N-ethyl adjacent to an activating group) is 1. The maximum absolute atomic E-state index is 5.69. The summed E-state index contributed by atoms with van der Waals surface area (Å²) in [5.41, 5.74) is 6.57. The average Bonchev–Trinajstić information content (AvgIpc) is 2.61. The Hall–Kier alpha value is -1.23. The molecule has 1 aromatic heterocycles. The molecule has 4 N–H and O–H groups in total. The van der Waals surface area contributed by atoms with Gasteiger partial charge in [-0.25, -0.2) is 0 Å². The summed E-state index contributed by atoms with van der Waals surface area (Å²) in [6.45, 7) is 9.64. The Bertz CT molecular complexity index is 279. The highest BCUT2D eigenvalue weighted by Gasteiger charge is 2.09. The van der Waals surface area contributed by atoms with Crippen LogP contribution in [0.3, 0.4) is 0 Å². The molecule has 0 amide bonds. The highest BCUT2D eigenvalue weighted by atomic mass is 15.2. The third-order valence-corrected chi connectivity index (χ3v) is 2.50. The van der Waals surface area contributed by atoms with Gasteiger partial charge in [0.25, 0.3) is 0 Å². The fourth-order valence-corrected chi connectivity index (χ4v) is 1.59. The van der Waals surface area contributed by atoms with Gasteiger partial charge in [-0.2, -0.15) is 5.10 Å². The van der Waals surface area contributed by atoms with E-state index < -0.39 is 0 Å². The van der Waals surface area contributed by atoms with Crippen molar-refractivity contribution in [3.05, 3.63) is 6.20 Å². The van der Waals surface area contributed by atoms with Gasteiger partial charge in [-0.3, -0.25) is 5.10 Å². The van der Waals surface area contributed by atoms with E-state index in [2.05, 4.69) is 41.2 Å². The molecule has 0 saturated carbocycles. The Morgan fingerprint density at radius 2 is 2.20 bits per heavy atom. The average molecular weight is 211 g/mol. The molecular weight excluding hydrogens is 190 g/mol. The zero-order valence-corrected chi connectivity index (χ0v) is 9.75. The van der Waals surface area contributed by atoms with Crippen LogP contribution in [0.4, 0.5) is 11.5 Å². The molecule has 1 heterocycles. The third-order valence-electron chi connectivity index (χ3n) is 2.50. The van der Waals surface area contributed by atoms with E-state index in [1.165, 1.54) is 0 Å². The molecule has 1 rings (SSSR count). The van der Waals surface area contributed by atoms with E-state index in [1.807, 2.05) is 0 Å². The summed E-state index contributed by atoms with van der Waals surface area (Å²) < 4.78 is 0. The predicted octanol–water partition coefficient (Wildman–Crippen LogP) is 1.13. The van der Waals surface area contributed by atoms with Crippen LogP contribution in [0.2, 0.25) is 0 Å². The van der Waals surface area contributed by atoms with Gasteiger partial charge in [0.15, 0.2) is 0 Å². The van der Waals surface area contributed by atoms with Gasteiger partial charge < -0.3 is 16.0 Å². The minimum atomic E-state index is 0.366. The van der Waals surface area contributed by atoms with Crippen molar-refractivity contribution in [1.29, 1.82) is 0 Å². The molecule has 0 saturated heterocycles. The van der Waals surface area contributed by atoms with E-state index >= 15 is 0 Å². The highest BCUT2D eigenvalue weighted by Crippen LogP contribution is 2.14.